The quantitative estimate of drug-likeness (QED) is 0.139. The van der Waals surface area contributed by atoms with Gasteiger partial charge >= 0.3 is 0 Å². The van der Waals surface area contributed by atoms with Crippen LogP contribution >= 0.6 is 11.8 Å². The number of nitriles is 1. The van der Waals surface area contributed by atoms with Gasteiger partial charge in [-0.1, -0.05) is 18.7 Å². The van der Waals surface area contributed by atoms with E-state index in [2.05, 4.69) is 61.7 Å². The van der Waals surface area contributed by atoms with Crippen molar-refractivity contribution < 1.29 is 9.53 Å². The standard InChI is InChI=1S/C33H42N8O2S/c1-6-31(42)36-29-20-26(41-17-14-25(15-18-41)40(4)16-9-19-44-5)12-13-27(29)38-33-35-22-24(21-34)32(39-33)37-28-10-7-8-11-30(28)43-23(2)3/h6-8,10-13,20,22-23,25H,1,9,14-19H2,2-5H3,(H,36,42)(H2,35,37,38,39). The number of aromatic nitrogens is 2. The van der Waals surface area contributed by atoms with Gasteiger partial charge in [0.05, 0.1) is 29.4 Å². The second-order valence-electron chi connectivity index (χ2n) is 10.9. The van der Waals surface area contributed by atoms with Crippen molar-refractivity contribution in [3.8, 4) is 11.8 Å². The number of hydrogen-bond acceptors (Lipinski definition) is 10. The number of para-hydroxylation sites is 2. The third-order valence-electron chi connectivity index (χ3n) is 7.42. The highest BCUT2D eigenvalue weighted by atomic mass is 32.2. The summed E-state index contributed by atoms with van der Waals surface area (Å²) in [6.45, 7) is 10.5. The van der Waals surface area contributed by atoms with Gasteiger partial charge in [0.1, 0.15) is 17.4 Å². The van der Waals surface area contributed by atoms with Crippen molar-refractivity contribution >= 4 is 52.2 Å². The zero-order valence-corrected chi connectivity index (χ0v) is 26.8. The van der Waals surface area contributed by atoms with Gasteiger partial charge in [-0.15, -0.1) is 0 Å². The molecule has 1 aliphatic heterocycles. The molecular weight excluding hydrogens is 572 g/mol. The van der Waals surface area contributed by atoms with Crippen LogP contribution in [0.15, 0.2) is 61.3 Å². The second-order valence-corrected chi connectivity index (χ2v) is 11.9. The van der Waals surface area contributed by atoms with Gasteiger partial charge in [0.2, 0.25) is 11.9 Å². The van der Waals surface area contributed by atoms with E-state index in [1.54, 1.807) is 0 Å². The predicted octanol–water partition coefficient (Wildman–Crippen LogP) is 6.40. The average molecular weight is 615 g/mol. The molecule has 1 amide bonds. The van der Waals surface area contributed by atoms with Gasteiger partial charge in [0, 0.05) is 24.8 Å². The fourth-order valence-electron chi connectivity index (χ4n) is 5.12. The molecule has 1 aromatic heterocycles. The number of carbonyl (C=O) groups is 1. The van der Waals surface area contributed by atoms with Crippen LogP contribution in [0, 0.1) is 11.3 Å². The largest absolute Gasteiger partial charge is 0.489 e. The van der Waals surface area contributed by atoms with E-state index in [1.165, 1.54) is 24.4 Å². The van der Waals surface area contributed by atoms with Gasteiger partial charge in [-0.2, -0.15) is 22.0 Å². The van der Waals surface area contributed by atoms with Gasteiger partial charge in [0.15, 0.2) is 5.82 Å². The van der Waals surface area contributed by atoms with Gasteiger partial charge in [0.25, 0.3) is 0 Å². The molecule has 0 aliphatic carbocycles. The normalized spacial score (nSPS) is 13.4. The molecule has 0 spiro atoms. The first-order valence-corrected chi connectivity index (χ1v) is 16.3. The molecule has 10 nitrogen and oxygen atoms in total. The second kappa shape index (κ2) is 16.0. The maximum atomic E-state index is 12.4. The molecule has 2 aromatic carbocycles. The van der Waals surface area contributed by atoms with Crippen molar-refractivity contribution in [3.05, 3.63) is 66.9 Å². The van der Waals surface area contributed by atoms with Crippen molar-refractivity contribution in [2.24, 2.45) is 0 Å². The summed E-state index contributed by atoms with van der Waals surface area (Å²) in [5, 5.41) is 19.1. The summed E-state index contributed by atoms with van der Waals surface area (Å²) in [5.74, 6) is 2.12. The number of thioether (sulfide) groups is 1. The van der Waals surface area contributed by atoms with Crippen LogP contribution in [0.25, 0.3) is 0 Å². The molecule has 44 heavy (non-hydrogen) atoms. The Balaban J connectivity index is 1.53. The highest BCUT2D eigenvalue weighted by molar-refractivity contribution is 7.98. The molecule has 0 saturated carbocycles. The molecule has 0 bridgehead atoms. The van der Waals surface area contributed by atoms with E-state index in [9.17, 15) is 10.1 Å². The Morgan fingerprint density at radius 3 is 2.68 bits per heavy atom. The number of carbonyl (C=O) groups excluding carboxylic acids is 1. The number of amides is 1. The first-order valence-electron chi connectivity index (χ1n) is 14.9. The summed E-state index contributed by atoms with van der Waals surface area (Å²) in [4.78, 5) is 26.2. The van der Waals surface area contributed by atoms with Crippen molar-refractivity contribution in [2.45, 2.75) is 45.3 Å². The summed E-state index contributed by atoms with van der Waals surface area (Å²) in [6, 6.07) is 16.1. The molecule has 4 rings (SSSR count). The molecule has 1 saturated heterocycles. The summed E-state index contributed by atoms with van der Waals surface area (Å²) in [6.07, 6.45) is 8.22. The molecule has 232 valence electrons. The van der Waals surface area contributed by atoms with Crippen LogP contribution in [0.4, 0.5) is 34.5 Å². The van der Waals surface area contributed by atoms with E-state index in [1.807, 2.05) is 68.1 Å². The molecule has 0 radical (unpaired) electrons. The highest BCUT2D eigenvalue weighted by Gasteiger charge is 2.23. The molecule has 3 N–H and O–H groups in total. The van der Waals surface area contributed by atoms with Crippen LogP contribution in [0.2, 0.25) is 0 Å². The summed E-state index contributed by atoms with van der Waals surface area (Å²) < 4.78 is 5.92. The number of anilines is 6. The van der Waals surface area contributed by atoms with Crippen molar-refractivity contribution in [2.75, 3.05) is 59.5 Å². The Kier molecular flexibility index (Phi) is 11.9. The summed E-state index contributed by atoms with van der Waals surface area (Å²) in [7, 11) is 2.23. The summed E-state index contributed by atoms with van der Waals surface area (Å²) in [5.41, 5.74) is 3.20. The third kappa shape index (κ3) is 8.88. The van der Waals surface area contributed by atoms with Crippen LogP contribution in [0.3, 0.4) is 0 Å². The monoisotopic (exact) mass is 614 g/mol. The average Bonchev–Trinajstić information content (AvgIpc) is 3.03. The topological polar surface area (TPSA) is 118 Å². The van der Waals surface area contributed by atoms with Crippen LogP contribution in [0.1, 0.15) is 38.7 Å². The van der Waals surface area contributed by atoms with Crippen molar-refractivity contribution in [1.29, 1.82) is 5.26 Å². The van der Waals surface area contributed by atoms with Gasteiger partial charge in [-0.05, 0) is 95.1 Å². The third-order valence-corrected chi connectivity index (χ3v) is 8.11. The Labute approximate surface area is 264 Å². The molecule has 0 unspecified atom stereocenters. The van der Waals surface area contributed by atoms with E-state index in [0.717, 1.165) is 38.2 Å². The molecule has 11 heteroatoms. The highest BCUT2D eigenvalue weighted by Crippen LogP contribution is 2.33. The Bertz CT molecular complexity index is 1470. The lowest BCUT2D eigenvalue weighted by molar-refractivity contribution is -0.111. The minimum absolute atomic E-state index is 0.0225. The lowest BCUT2D eigenvalue weighted by Gasteiger charge is -2.38. The smallest absolute Gasteiger partial charge is 0.247 e. The number of nitrogens with one attached hydrogen (secondary N) is 3. The first-order chi connectivity index (χ1) is 21.3. The fourth-order valence-corrected chi connectivity index (χ4v) is 5.54. The minimum atomic E-state index is -0.319. The molecule has 1 fully saturated rings. The lowest BCUT2D eigenvalue weighted by Crippen LogP contribution is -2.43. The number of benzene rings is 2. The molecule has 2 heterocycles. The van der Waals surface area contributed by atoms with Crippen LogP contribution in [-0.2, 0) is 4.79 Å². The zero-order valence-electron chi connectivity index (χ0n) is 26.0. The molecule has 3 aromatic rings. The van der Waals surface area contributed by atoms with Crippen LogP contribution in [-0.4, -0.2) is 71.6 Å². The number of hydrogen-bond donors (Lipinski definition) is 3. The van der Waals surface area contributed by atoms with Gasteiger partial charge in [-0.25, -0.2) is 4.98 Å². The number of ether oxygens (including phenoxy) is 1. The fraction of sp³-hybridized carbons (Fsp3) is 0.394. The zero-order chi connectivity index (χ0) is 31.5. The van der Waals surface area contributed by atoms with Gasteiger partial charge in [-0.3, -0.25) is 4.79 Å². The van der Waals surface area contributed by atoms with E-state index in [-0.39, 0.29) is 23.5 Å². The molecular formula is C33H42N8O2S. The first kappa shape index (κ1) is 32.6. The Hall–Kier alpha value is -4.27. The molecule has 1 aliphatic rings. The maximum absolute atomic E-state index is 12.4. The van der Waals surface area contributed by atoms with Crippen molar-refractivity contribution in [3.63, 3.8) is 0 Å². The number of nitrogens with zero attached hydrogens (tertiary/aromatic N) is 5. The SMILES string of the molecule is C=CC(=O)Nc1cc(N2CCC(N(C)CCCSC)CC2)ccc1Nc1ncc(C#N)c(Nc2ccccc2OC(C)C)n1. The number of piperidine rings is 1. The van der Waals surface area contributed by atoms with E-state index in [4.69, 9.17) is 4.74 Å². The maximum Gasteiger partial charge on any atom is 0.247 e. The lowest BCUT2D eigenvalue weighted by atomic mass is 10.0. The van der Waals surface area contributed by atoms with Gasteiger partial charge < -0.3 is 30.5 Å². The number of rotatable bonds is 14. The van der Waals surface area contributed by atoms with Crippen molar-refractivity contribution in [1.82, 2.24) is 14.9 Å². The van der Waals surface area contributed by atoms with E-state index < -0.39 is 0 Å². The Morgan fingerprint density at radius 2 is 1.98 bits per heavy atom. The van der Waals surface area contributed by atoms with Crippen LogP contribution < -0.4 is 25.6 Å². The summed E-state index contributed by atoms with van der Waals surface area (Å²) >= 11 is 1.90. The van der Waals surface area contributed by atoms with E-state index in [0.29, 0.717) is 34.7 Å². The Morgan fingerprint density at radius 1 is 1.20 bits per heavy atom. The van der Waals surface area contributed by atoms with Crippen LogP contribution in [0.5, 0.6) is 5.75 Å². The van der Waals surface area contributed by atoms with E-state index >= 15 is 0 Å². The minimum Gasteiger partial charge on any atom is -0.489 e. The molecule has 0 atom stereocenters. The predicted molar refractivity (Wildman–Crippen MR) is 182 cm³/mol.